The van der Waals surface area contributed by atoms with Gasteiger partial charge in [0.15, 0.2) is 16.3 Å². The summed E-state index contributed by atoms with van der Waals surface area (Å²) in [4.78, 5) is 44.8. The molecule has 3 heterocycles. The van der Waals surface area contributed by atoms with Gasteiger partial charge in [0.05, 0.1) is 34.6 Å². The van der Waals surface area contributed by atoms with E-state index in [9.17, 15) is 14.4 Å². The number of aromatic nitrogens is 3. The predicted octanol–water partition coefficient (Wildman–Crippen LogP) is 5.32. The predicted molar refractivity (Wildman–Crippen MR) is 194 cm³/mol. The topological polar surface area (TPSA) is 123 Å². The highest BCUT2D eigenvalue weighted by molar-refractivity contribution is 7.07. The van der Waals surface area contributed by atoms with Crippen LogP contribution in [0.4, 0.5) is 0 Å². The molecule has 0 saturated carbocycles. The minimum absolute atomic E-state index is 0.0307. The number of hydrogen-bond donors (Lipinski definition) is 0. The molecule has 11 nitrogen and oxygen atoms in total. The molecule has 1 aliphatic rings. The van der Waals surface area contributed by atoms with Crippen LogP contribution < -0.4 is 29.1 Å². The summed E-state index contributed by atoms with van der Waals surface area (Å²) in [5, 5.41) is 4.91. The Morgan fingerprint density at radius 1 is 0.980 bits per heavy atom. The first-order valence-electron chi connectivity index (χ1n) is 15.9. The van der Waals surface area contributed by atoms with Gasteiger partial charge in [0, 0.05) is 24.2 Å². The SMILES string of the molecule is C=CCOC(=O)C1=C(C)N=c2sc(=Cc3cn(-c4ccccc4)nc3-c3ccc(OCC=C)cc3)c(=O)n2C1c1ccc(OC(C)=O)c(OC)c1. The Balaban J connectivity index is 1.53. The summed E-state index contributed by atoms with van der Waals surface area (Å²) in [5.74, 6) is -0.0415. The Kier molecular flexibility index (Phi) is 10.2. The molecular formula is C39H34N4O7S. The molecule has 5 aromatic rings. The molecule has 51 heavy (non-hydrogen) atoms. The van der Waals surface area contributed by atoms with Gasteiger partial charge in [-0.2, -0.15) is 5.10 Å². The lowest BCUT2D eigenvalue weighted by atomic mass is 9.95. The average molecular weight is 703 g/mol. The van der Waals surface area contributed by atoms with E-state index in [1.54, 1.807) is 42.0 Å². The van der Waals surface area contributed by atoms with Crippen molar-refractivity contribution in [3.63, 3.8) is 0 Å². The van der Waals surface area contributed by atoms with Crippen LogP contribution in [0.25, 0.3) is 23.0 Å². The summed E-state index contributed by atoms with van der Waals surface area (Å²) in [6, 6.07) is 21.1. The fourth-order valence-electron chi connectivity index (χ4n) is 5.64. The van der Waals surface area contributed by atoms with Gasteiger partial charge in [0.1, 0.15) is 24.7 Å². The van der Waals surface area contributed by atoms with Crippen LogP contribution >= 0.6 is 11.3 Å². The molecule has 6 rings (SSSR count). The van der Waals surface area contributed by atoms with Crippen molar-refractivity contribution in [2.45, 2.75) is 19.9 Å². The van der Waals surface area contributed by atoms with Crippen LogP contribution in [-0.2, 0) is 14.3 Å². The summed E-state index contributed by atoms with van der Waals surface area (Å²) < 4.78 is 25.6. The normalized spacial score (nSPS) is 13.9. The zero-order chi connectivity index (χ0) is 36.1. The second kappa shape index (κ2) is 15.1. The summed E-state index contributed by atoms with van der Waals surface area (Å²) in [7, 11) is 1.44. The van der Waals surface area contributed by atoms with E-state index in [0.717, 1.165) is 11.3 Å². The van der Waals surface area contributed by atoms with Crippen LogP contribution in [0.15, 0.2) is 125 Å². The number of benzene rings is 3. The molecule has 258 valence electrons. The molecule has 0 N–H and O–H groups in total. The van der Waals surface area contributed by atoms with Crippen molar-refractivity contribution < 1.29 is 28.5 Å². The fraction of sp³-hybridized carbons (Fsp3) is 0.154. The number of nitrogens with zero attached hydrogens (tertiary/aromatic N) is 4. The number of esters is 2. The molecule has 3 aromatic carbocycles. The van der Waals surface area contributed by atoms with Crippen LogP contribution in [0, 0.1) is 0 Å². The number of fused-ring (bicyclic) bond motifs is 1. The molecule has 12 heteroatoms. The second-order valence-corrected chi connectivity index (χ2v) is 12.3. The number of ether oxygens (including phenoxy) is 4. The van der Waals surface area contributed by atoms with E-state index >= 15 is 0 Å². The zero-order valence-electron chi connectivity index (χ0n) is 28.2. The third-order valence-electron chi connectivity index (χ3n) is 7.88. The summed E-state index contributed by atoms with van der Waals surface area (Å²) in [6.45, 7) is 10.7. The third kappa shape index (κ3) is 7.22. The molecule has 0 amide bonds. The third-order valence-corrected chi connectivity index (χ3v) is 8.86. The van der Waals surface area contributed by atoms with Crippen LogP contribution in [0.2, 0.25) is 0 Å². The summed E-state index contributed by atoms with van der Waals surface area (Å²) in [5.41, 5.74) is 3.70. The van der Waals surface area contributed by atoms with E-state index in [1.807, 2.05) is 60.8 Å². The first-order chi connectivity index (χ1) is 24.7. The zero-order valence-corrected chi connectivity index (χ0v) is 29.0. The lowest BCUT2D eigenvalue weighted by Crippen LogP contribution is -2.40. The van der Waals surface area contributed by atoms with E-state index in [2.05, 4.69) is 13.2 Å². The Hall–Kier alpha value is -6.27. The van der Waals surface area contributed by atoms with E-state index in [4.69, 9.17) is 29.0 Å². The summed E-state index contributed by atoms with van der Waals surface area (Å²) >= 11 is 1.19. The number of allylic oxidation sites excluding steroid dienone is 1. The van der Waals surface area contributed by atoms with Gasteiger partial charge in [-0.3, -0.25) is 14.2 Å². The molecule has 0 aliphatic carbocycles. The second-order valence-electron chi connectivity index (χ2n) is 11.3. The van der Waals surface area contributed by atoms with Crippen LogP contribution in [0.3, 0.4) is 0 Å². The molecule has 1 unspecified atom stereocenters. The van der Waals surface area contributed by atoms with E-state index < -0.39 is 18.0 Å². The minimum atomic E-state index is -0.935. The highest BCUT2D eigenvalue weighted by Gasteiger charge is 2.34. The molecule has 1 atom stereocenters. The van der Waals surface area contributed by atoms with E-state index in [0.29, 0.717) is 44.2 Å². The van der Waals surface area contributed by atoms with E-state index in [-0.39, 0.29) is 29.2 Å². The Bertz CT molecular complexity index is 2350. The van der Waals surface area contributed by atoms with Crippen molar-refractivity contribution in [3.8, 4) is 34.2 Å². The lowest BCUT2D eigenvalue weighted by molar-refractivity contribution is -0.138. The Labute approximate surface area is 297 Å². The summed E-state index contributed by atoms with van der Waals surface area (Å²) in [6.07, 6.45) is 6.79. The molecule has 0 saturated heterocycles. The highest BCUT2D eigenvalue weighted by Crippen LogP contribution is 2.36. The maximum atomic E-state index is 14.5. The molecule has 0 radical (unpaired) electrons. The highest BCUT2D eigenvalue weighted by atomic mass is 32.1. The largest absolute Gasteiger partial charge is 0.493 e. The number of carbonyl (C=O) groups is 2. The minimum Gasteiger partial charge on any atom is -0.493 e. The Morgan fingerprint density at radius 3 is 2.41 bits per heavy atom. The molecule has 0 fully saturated rings. The maximum absolute atomic E-state index is 14.5. The molecular weight excluding hydrogens is 669 g/mol. The van der Waals surface area contributed by atoms with Crippen molar-refractivity contribution in [2.24, 2.45) is 4.99 Å². The van der Waals surface area contributed by atoms with Gasteiger partial charge in [-0.25, -0.2) is 14.5 Å². The maximum Gasteiger partial charge on any atom is 0.338 e. The van der Waals surface area contributed by atoms with Gasteiger partial charge in [-0.05, 0) is 67.1 Å². The van der Waals surface area contributed by atoms with Crippen LogP contribution in [-0.4, -0.2) is 46.6 Å². The van der Waals surface area contributed by atoms with Crippen molar-refractivity contribution in [1.82, 2.24) is 14.3 Å². The van der Waals surface area contributed by atoms with Crippen molar-refractivity contribution in [2.75, 3.05) is 20.3 Å². The molecule has 0 spiro atoms. The number of hydrogen-bond acceptors (Lipinski definition) is 10. The van der Waals surface area contributed by atoms with Crippen molar-refractivity contribution in [3.05, 3.63) is 146 Å². The lowest BCUT2D eigenvalue weighted by Gasteiger charge is -2.25. The average Bonchev–Trinajstić information content (AvgIpc) is 3.69. The molecule has 1 aliphatic heterocycles. The molecule has 2 aromatic heterocycles. The van der Waals surface area contributed by atoms with Crippen LogP contribution in [0.1, 0.15) is 31.0 Å². The number of methoxy groups -OCH3 is 1. The number of thiazole rings is 1. The van der Waals surface area contributed by atoms with Crippen LogP contribution in [0.5, 0.6) is 17.2 Å². The van der Waals surface area contributed by atoms with Gasteiger partial charge in [-0.15, -0.1) is 0 Å². The monoisotopic (exact) mass is 702 g/mol. The van der Waals surface area contributed by atoms with Gasteiger partial charge >= 0.3 is 11.9 Å². The van der Waals surface area contributed by atoms with Gasteiger partial charge in [0.2, 0.25) is 0 Å². The number of para-hydroxylation sites is 1. The standard InChI is InChI=1S/C39H34N4O7S/c1-6-19-48-30-16-13-26(14-17-30)35-28(23-42(41-35)29-11-9-8-10-12-29)22-33-37(45)43-36(27-15-18-31(50-25(4)44)32(21-27)47-5)34(38(46)49-20-7-2)24(3)40-39(43)51-33/h6-18,21-23,36H,1-2,19-20H2,3-5H3. The number of rotatable bonds is 12. The first-order valence-corrected chi connectivity index (χ1v) is 16.7. The smallest absolute Gasteiger partial charge is 0.338 e. The fourth-order valence-corrected chi connectivity index (χ4v) is 6.68. The van der Waals surface area contributed by atoms with Gasteiger partial charge in [0.25, 0.3) is 5.56 Å². The number of carbonyl (C=O) groups excluding carboxylic acids is 2. The quantitative estimate of drug-likeness (QED) is 0.0974. The molecule has 0 bridgehead atoms. The van der Waals surface area contributed by atoms with Gasteiger partial charge < -0.3 is 18.9 Å². The van der Waals surface area contributed by atoms with Crippen molar-refractivity contribution >= 4 is 29.4 Å². The van der Waals surface area contributed by atoms with Crippen molar-refractivity contribution in [1.29, 1.82) is 0 Å². The Morgan fingerprint density at radius 2 is 1.73 bits per heavy atom. The van der Waals surface area contributed by atoms with Gasteiger partial charge in [-0.1, -0.05) is 60.9 Å². The first kappa shape index (κ1) is 34.6. The van der Waals surface area contributed by atoms with E-state index in [1.165, 1.54) is 36.0 Å².